The van der Waals surface area contributed by atoms with Crippen molar-refractivity contribution in [2.45, 2.75) is 58.2 Å². The van der Waals surface area contributed by atoms with Crippen LogP contribution in [-0.2, 0) is 18.4 Å². The van der Waals surface area contributed by atoms with Crippen molar-refractivity contribution in [1.82, 2.24) is 24.9 Å². The van der Waals surface area contributed by atoms with E-state index in [1.807, 2.05) is 44.4 Å². The molecule has 4 heterocycles. The van der Waals surface area contributed by atoms with E-state index in [9.17, 15) is 9.90 Å². The van der Waals surface area contributed by atoms with Crippen molar-refractivity contribution in [3.8, 4) is 5.75 Å². The van der Waals surface area contributed by atoms with Crippen LogP contribution in [0.3, 0.4) is 0 Å². The fourth-order valence-corrected chi connectivity index (χ4v) is 6.86. The third kappa shape index (κ3) is 4.73. The van der Waals surface area contributed by atoms with Crippen LogP contribution in [0.2, 0.25) is 0 Å². The maximum absolute atomic E-state index is 12.2. The zero-order chi connectivity index (χ0) is 28.0. The summed E-state index contributed by atoms with van der Waals surface area (Å²) in [6.45, 7) is 7.85. The maximum Gasteiger partial charge on any atom is 0.304 e. The molecule has 2 aromatic carbocycles. The van der Waals surface area contributed by atoms with Gasteiger partial charge in [-0.3, -0.25) is 14.7 Å². The summed E-state index contributed by atoms with van der Waals surface area (Å²) in [5.74, 6) is -0.291. The van der Waals surface area contributed by atoms with Gasteiger partial charge in [0.15, 0.2) is 0 Å². The van der Waals surface area contributed by atoms with Crippen molar-refractivity contribution >= 4 is 38.4 Å². The van der Waals surface area contributed by atoms with Crippen LogP contribution < -0.4 is 4.74 Å². The Hall–Kier alpha value is -3.82. The highest BCUT2D eigenvalue weighted by atomic mass is 32.1. The second-order valence-electron chi connectivity index (χ2n) is 10.7. The van der Waals surface area contributed by atoms with Gasteiger partial charge in [0.2, 0.25) is 0 Å². The number of aromatic nitrogens is 4. The van der Waals surface area contributed by atoms with Gasteiger partial charge >= 0.3 is 5.97 Å². The summed E-state index contributed by atoms with van der Waals surface area (Å²) in [7, 11) is 1.87. The Kier molecular flexibility index (Phi) is 7.02. The lowest BCUT2D eigenvalue weighted by atomic mass is 9.84. The van der Waals surface area contributed by atoms with Gasteiger partial charge in [-0.25, -0.2) is 4.68 Å². The minimum absolute atomic E-state index is 0.00907. The molecule has 3 aromatic heterocycles. The Labute approximate surface area is 237 Å². The van der Waals surface area contributed by atoms with Gasteiger partial charge in [0.05, 0.1) is 23.7 Å². The van der Waals surface area contributed by atoms with Gasteiger partial charge in [-0.05, 0) is 83.6 Å². The molecular weight excluding hydrogens is 522 g/mol. The van der Waals surface area contributed by atoms with Crippen molar-refractivity contribution in [1.29, 1.82) is 0 Å². The monoisotopic (exact) mass is 555 g/mol. The molecule has 0 amide bonds. The highest BCUT2D eigenvalue weighted by Gasteiger charge is 2.30. The second kappa shape index (κ2) is 10.6. The van der Waals surface area contributed by atoms with E-state index in [4.69, 9.17) is 4.74 Å². The lowest BCUT2D eigenvalue weighted by Crippen LogP contribution is -2.34. The number of hydrogen-bond donors (Lipinski definition) is 1. The third-order valence-electron chi connectivity index (χ3n) is 8.19. The normalized spacial score (nSPS) is 18.4. The number of aryl methyl sites for hydroxylation is 2. The van der Waals surface area contributed by atoms with Crippen molar-refractivity contribution in [2.24, 2.45) is 7.05 Å². The molecule has 8 nitrogen and oxygen atoms in total. The minimum atomic E-state index is -0.831. The van der Waals surface area contributed by atoms with Crippen LogP contribution in [0.5, 0.6) is 5.75 Å². The average molecular weight is 556 g/mol. The van der Waals surface area contributed by atoms with E-state index in [1.54, 1.807) is 16.0 Å². The number of rotatable bonds is 7. The van der Waals surface area contributed by atoms with Gasteiger partial charge in [-0.1, -0.05) is 24.3 Å². The number of benzene rings is 2. The molecule has 5 aromatic rings. The molecule has 40 heavy (non-hydrogen) atoms. The fourth-order valence-electron chi connectivity index (χ4n) is 5.97. The molecule has 9 heteroatoms. The topological polar surface area (TPSA) is 93.4 Å². The smallest absolute Gasteiger partial charge is 0.304 e. The quantitative estimate of drug-likeness (QED) is 0.255. The predicted octanol–water partition coefficient (Wildman–Crippen LogP) is 6.23. The SMILES string of the molecule is CC[C@@H]1CN(Cc2cc(C(CC(=O)O)c3ccc4c(nnn4C)c3C)cc3ccsc23)[C@@H](C)c2ncccc2O1. The van der Waals surface area contributed by atoms with E-state index in [1.165, 1.54) is 10.3 Å². The first-order valence-corrected chi connectivity index (χ1v) is 14.6. The van der Waals surface area contributed by atoms with Crippen LogP contribution in [0.1, 0.15) is 66.6 Å². The zero-order valence-corrected chi connectivity index (χ0v) is 24.0. The number of ether oxygens (including phenoxy) is 1. The molecule has 1 aliphatic rings. The molecule has 6 rings (SSSR count). The number of nitrogens with zero attached hydrogens (tertiary/aromatic N) is 5. The Balaban J connectivity index is 1.44. The molecule has 1 unspecified atom stereocenters. The second-order valence-corrected chi connectivity index (χ2v) is 11.6. The van der Waals surface area contributed by atoms with E-state index < -0.39 is 5.97 Å². The number of pyridine rings is 1. The first kappa shape index (κ1) is 26.4. The highest BCUT2D eigenvalue weighted by molar-refractivity contribution is 7.17. The Morgan fingerprint density at radius 3 is 2.90 bits per heavy atom. The first-order valence-electron chi connectivity index (χ1n) is 13.7. The van der Waals surface area contributed by atoms with Crippen molar-refractivity contribution in [3.63, 3.8) is 0 Å². The summed E-state index contributed by atoms with van der Waals surface area (Å²) in [4.78, 5) is 19.3. The van der Waals surface area contributed by atoms with Gasteiger partial charge in [0, 0.05) is 37.0 Å². The van der Waals surface area contributed by atoms with Gasteiger partial charge in [-0.15, -0.1) is 16.4 Å². The van der Waals surface area contributed by atoms with E-state index in [0.717, 1.165) is 57.5 Å². The lowest BCUT2D eigenvalue weighted by Gasteiger charge is -2.29. The number of aliphatic carboxylic acids is 1. The molecule has 0 bridgehead atoms. The summed E-state index contributed by atoms with van der Waals surface area (Å²) in [5.41, 5.74) is 6.82. The molecule has 1 aliphatic heterocycles. The molecule has 0 saturated carbocycles. The number of carboxylic acids is 1. The fraction of sp³-hybridized carbons (Fsp3) is 0.355. The van der Waals surface area contributed by atoms with Crippen LogP contribution in [-0.4, -0.2) is 48.6 Å². The van der Waals surface area contributed by atoms with E-state index in [2.05, 4.69) is 57.6 Å². The summed E-state index contributed by atoms with van der Waals surface area (Å²) < 4.78 is 9.32. The molecule has 1 N–H and O–H groups in total. The van der Waals surface area contributed by atoms with E-state index in [0.29, 0.717) is 6.54 Å². The third-order valence-corrected chi connectivity index (χ3v) is 9.20. The molecular formula is C31H33N5O3S. The van der Waals surface area contributed by atoms with Gasteiger partial charge in [0.1, 0.15) is 17.4 Å². The molecule has 0 spiro atoms. The summed E-state index contributed by atoms with van der Waals surface area (Å²) in [6, 6.07) is 14.5. The standard InChI is InChI=1S/C31H33N5O3S/c1-5-23-17-36(19(3)30-27(39-23)7-6-11-32-30)16-22-14-21(13-20-10-12-40-31(20)22)25(15-28(37)38)24-8-9-26-29(18(24)2)33-34-35(26)4/h6-14,19,23,25H,5,15-17H2,1-4H3,(H,37,38)/t19-,23+,25?/m0/s1. The highest BCUT2D eigenvalue weighted by Crippen LogP contribution is 2.39. The Morgan fingerprint density at radius 1 is 1.25 bits per heavy atom. The largest absolute Gasteiger partial charge is 0.487 e. The molecule has 206 valence electrons. The Morgan fingerprint density at radius 2 is 2.10 bits per heavy atom. The number of carbonyl (C=O) groups is 1. The zero-order valence-electron chi connectivity index (χ0n) is 23.2. The van der Waals surface area contributed by atoms with Gasteiger partial charge in [0.25, 0.3) is 0 Å². The molecule has 0 fully saturated rings. The average Bonchev–Trinajstić information content (AvgIpc) is 3.55. The molecule has 0 radical (unpaired) electrons. The summed E-state index contributed by atoms with van der Waals surface area (Å²) in [5, 5.41) is 21.8. The van der Waals surface area contributed by atoms with Crippen LogP contribution >= 0.6 is 11.3 Å². The summed E-state index contributed by atoms with van der Waals surface area (Å²) in [6.07, 6.45) is 2.78. The molecule has 3 atom stereocenters. The lowest BCUT2D eigenvalue weighted by molar-refractivity contribution is -0.137. The maximum atomic E-state index is 12.2. The number of thiophene rings is 1. The van der Waals surface area contributed by atoms with Crippen molar-refractivity contribution < 1.29 is 14.6 Å². The number of hydrogen-bond acceptors (Lipinski definition) is 7. The predicted molar refractivity (Wildman–Crippen MR) is 157 cm³/mol. The molecule has 0 saturated heterocycles. The van der Waals surface area contributed by atoms with Crippen LogP contribution in [0.25, 0.3) is 21.1 Å². The van der Waals surface area contributed by atoms with E-state index in [-0.39, 0.29) is 24.5 Å². The first-order chi connectivity index (χ1) is 19.3. The van der Waals surface area contributed by atoms with E-state index >= 15 is 0 Å². The van der Waals surface area contributed by atoms with Gasteiger partial charge < -0.3 is 9.84 Å². The van der Waals surface area contributed by atoms with Gasteiger partial charge in [-0.2, -0.15) is 0 Å². The Bertz CT molecular complexity index is 1710. The van der Waals surface area contributed by atoms with Crippen molar-refractivity contribution in [3.05, 3.63) is 82.0 Å². The van der Waals surface area contributed by atoms with Crippen molar-refractivity contribution in [2.75, 3.05) is 6.54 Å². The minimum Gasteiger partial charge on any atom is -0.487 e. The van der Waals surface area contributed by atoms with Crippen LogP contribution in [0, 0.1) is 6.92 Å². The number of carboxylic acid groups (broad SMARTS) is 1. The molecule has 0 aliphatic carbocycles. The summed E-state index contributed by atoms with van der Waals surface area (Å²) >= 11 is 1.73. The van der Waals surface area contributed by atoms with Crippen LogP contribution in [0.4, 0.5) is 0 Å². The number of fused-ring (bicyclic) bond motifs is 3. The van der Waals surface area contributed by atoms with Crippen LogP contribution in [0.15, 0.2) is 54.0 Å².